The Balaban J connectivity index is 2.07. The van der Waals surface area contributed by atoms with E-state index in [1.807, 2.05) is 48.2 Å². The molecule has 0 saturated heterocycles. The molecule has 0 spiro atoms. The molecule has 0 saturated carbocycles. The molecule has 0 aromatic heterocycles. The maximum absolute atomic E-state index is 10.3. The molecule has 0 amide bonds. The zero-order valence-corrected chi connectivity index (χ0v) is 22.1. The normalized spacial score (nSPS) is 13.3. The minimum Gasteiger partial charge on any atom is -0.491 e. The quantitative estimate of drug-likeness (QED) is 0.323. The number of hydrogen-bond acceptors (Lipinski definition) is 5. The SMILES string of the molecule is C=CN(CCC)CC(O)COc1ccc(C(C)(C)c2cc(Cl)c(OCC(O)CC)c(Cl)c2)cc1. The molecule has 2 aromatic rings. The van der Waals surface area contributed by atoms with E-state index >= 15 is 0 Å². The molecule has 0 aliphatic carbocycles. The van der Waals surface area contributed by atoms with Crippen LogP contribution in [0.5, 0.6) is 11.5 Å². The second-order valence-electron chi connectivity index (χ2n) is 8.93. The van der Waals surface area contributed by atoms with Crippen LogP contribution in [-0.2, 0) is 5.41 Å². The standard InChI is InChI=1S/C27H37Cl2NO4/c1-6-13-30(8-3)16-22(32)18-33-23-11-9-19(10-12-23)27(4,5)20-14-24(28)26(25(29)15-20)34-17-21(31)7-2/h8-12,14-15,21-22,31-32H,3,6-7,13,16-18H2,1-2,4-5H3. The summed E-state index contributed by atoms with van der Waals surface area (Å²) >= 11 is 12.9. The second kappa shape index (κ2) is 13.2. The van der Waals surface area contributed by atoms with Crippen LogP contribution in [0.25, 0.3) is 0 Å². The molecular weight excluding hydrogens is 473 g/mol. The van der Waals surface area contributed by atoms with Crippen molar-refractivity contribution in [2.45, 2.75) is 58.2 Å². The van der Waals surface area contributed by atoms with E-state index in [1.165, 1.54) is 0 Å². The molecule has 2 N–H and O–H groups in total. The fourth-order valence-corrected chi connectivity index (χ4v) is 4.15. The number of hydrogen-bond donors (Lipinski definition) is 2. The Hall–Kier alpha value is -1.92. The van der Waals surface area contributed by atoms with E-state index in [1.54, 1.807) is 6.20 Å². The summed E-state index contributed by atoms with van der Waals surface area (Å²) in [5, 5.41) is 20.8. The summed E-state index contributed by atoms with van der Waals surface area (Å²) in [6.45, 7) is 13.6. The fraction of sp³-hybridized carbons (Fsp3) is 0.481. The highest BCUT2D eigenvalue weighted by molar-refractivity contribution is 6.37. The molecule has 188 valence electrons. The zero-order chi connectivity index (χ0) is 25.3. The summed E-state index contributed by atoms with van der Waals surface area (Å²) in [6, 6.07) is 11.5. The summed E-state index contributed by atoms with van der Waals surface area (Å²) in [7, 11) is 0. The fourth-order valence-electron chi connectivity index (χ4n) is 3.55. The van der Waals surface area contributed by atoms with Crippen molar-refractivity contribution in [1.29, 1.82) is 0 Å². The van der Waals surface area contributed by atoms with Crippen LogP contribution in [0, 0.1) is 0 Å². The molecule has 0 radical (unpaired) electrons. The van der Waals surface area contributed by atoms with Gasteiger partial charge in [-0.3, -0.25) is 0 Å². The van der Waals surface area contributed by atoms with E-state index in [9.17, 15) is 10.2 Å². The van der Waals surface area contributed by atoms with Crippen molar-refractivity contribution in [3.8, 4) is 11.5 Å². The average molecular weight is 511 g/mol. The minimum atomic E-state index is -0.607. The molecule has 7 heteroatoms. The van der Waals surface area contributed by atoms with Crippen LogP contribution in [0.15, 0.2) is 49.2 Å². The van der Waals surface area contributed by atoms with E-state index in [-0.39, 0.29) is 18.6 Å². The van der Waals surface area contributed by atoms with Crippen molar-refractivity contribution in [2.75, 3.05) is 26.3 Å². The van der Waals surface area contributed by atoms with Gasteiger partial charge in [-0.1, -0.05) is 69.6 Å². The third-order valence-corrected chi connectivity index (χ3v) is 6.41. The molecule has 2 aromatic carbocycles. The Bertz CT molecular complexity index is 894. The smallest absolute Gasteiger partial charge is 0.156 e. The van der Waals surface area contributed by atoms with Gasteiger partial charge in [-0.15, -0.1) is 0 Å². The lowest BCUT2D eigenvalue weighted by atomic mass is 9.78. The van der Waals surface area contributed by atoms with Crippen LogP contribution >= 0.6 is 23.2 Å². The van der Waals surface area contributed by atoms with Crippen LogP contribution in [0.4, 0.5) is 0 Å². The molecule has 34 heavy (non-hydrogen) atoms. The molecule has 2 unspecified atom stereocenters. The maximum atomic E-state index is 10.3. The first-order valence-electron chi connectivity index (χ1n) is 11.7. The molecule has 2 rings (SSSR count). The highest BCUT2D eigenvalue weighted by atomic mass is 35.5. The second-order valence-corrected chi connectivity index (χ2v) is 9.75. The summed E-state index contributed by atoms with van der Waals surface area (Å²) in [6.07, 6.45) is 2.15. The summed E-state index contributed by atoms with van der Waals surface area (Å²) in [4.78, 5) is 1.98. The lowest BCUT2D eigenvalue weighted by Crippen LogP contribution is -2.32. The summed E-state index contributed by atoms with van der Waals surface area (Å²) in [5.74, 6) is 1.07. The summed E-state index contributed by atoms with van der Waals surface area (Å²) in [5.41, 5.74) is 1.62. The maximum Gasteiger partial charge on any atom is 0.156 e. The Morgan fingerprint density at radius 2 is 1.56 bits per heavy atom. The van der Waals surface area contributed by atoms with Gasteiger partial charge in [0.05, 0.1) is 16.1 Å². The minimum absolute atomic E-state index is 0.138. The first kappa shape index (κ1) is 28.3. The third kappa shape index (κ3) is 7.81. The van der Waals surface area contributed by atoms with Gasteiger partial charge in [-0.05, 0) is 54.4 Å². The van der Waals surface area contributed by atoms with Crippen molar-refractivity contribution in [2.24, 2.45) is 0 Å². The molecule has 2 atom stereocenters. The van der Waals surface area contributed by atoms with Gasteiger partial charge < -0.3 is 24.6 Å². The highest BCUT2D eigenvalue weighted by Gasteiger charge is 2.26. The Labute approximate surface area is 213 Å². The number of halogens is 2. The van der Waals surface area contributed by atoms with Crippen LogP contribution < -0.4 is 9.47 Å². The molecule has 0 heterocycles. The number of aliphatic hydroxyl groups is 2. The predicted octanol–water partition coefficient (Wildman–Crippen LogP) is 6.06. The number of rotatable bonds is 14. The molecule has 0 bridgehead atoms. The molecule has 5 nitrogen and oxygen atoms in total. The van der Waals surface area contributed by atoms with Gasteiger partial charge in [0.2, 0.25) is 0 Å². The zero-order valence-electron chi connectivity index (χ0n) is 20.6. The van der Waals surface area contributed by atoms with Crippen molar-refractivity contribution >= 4 is 23.2 Å². The Morgan fingerprint density at radius 3 is 2.09 bits per heavy atom. The van der Waals surface area contributed by atoms with Gasteiger partial charge in [0.25, 0.3) is 0 Å². The van der Waals surface area contributed by atoms with Crippen LogP contribution in [0.1, 0.15) is 51.7 Å². The average Bonchev–Trinajstić information content (AvgIpc) is 2.81. The number of ether oxygens (including phenoxy) is 2. The van der Waals surface area contributed by atoms with E-state index < -0.39 is 12.2 Å². The van der Waals surface area contributed by atoms with Crippen molar-refractivity contribution < 1.29 is 19.7 Å². The topological polar surface area (TPSA) is 62.2 Å². The Morgan fingerprint density at radius 1 is 0.971 bits per heavy atom. The van der Waals surface area contributed by atoms with E-state index in [4.69, 9.17) is 32.7 Å². The van der Waals surface area contributed by atoms with Crippen molar-refractivity contribution in [3.05, 3.63) is 70.3 Å². The molecule has 0 aliphatic heterocycles. The Kier molecular flexibility index (Phi) is 11.0. The van der Waals surface area contributed by atoms with Gasteiger partial charge in [0.15, 0.2) is 5.75 Å². The number of benzene rings is 2. The monoisotopic (exact) mass is 509 g/mol. The van der Waals surface area contributed by atoms with Crippen molar-refractivity contribution in [1.82, 2.24) is 4.90 Å². The lowest BCUT2D eigenvalue weighted by Gasteiger charge is -2.27. The van der Waals surface area contributed by atoms with E-state index in [0.29, 0.717) is 34.5 Å². The number of nitrogens with zero attached hydrogens (tertiary/aromatic N) is 1. The first-order chi connectivity index (χ1) is 16.1. The molecular formula is C27H37Cl2NO4. The predicted molar refractivity (Wildman–Crippen MR) is 140 cm³/mol. The highest BCUT2D eigenvalue weighted by Crippen LogP contribution is 2.40. The van der Waals surface area contributed by atoms with Crippen LogP contribution in [0.3, 0.4) is 0 Å². The first-order valence-corrected chi connectivity index (χ1v) is 12.5. The van der Waals surface area contributed by atoms with Gasteiger partial charge in [0, 0.05) is 18.5 Å². The molecule has 0 fully saturated rings. The van der Waals surface area contributed by atoms with E-state index in [0.717, 1.165) is 24.1 Å². The lowest BCUT2D eigenvalue weighted by molar-refractivity contribution is 0.0819. The van der Waals surface area contributed by atoms with Gasteiger partial charge in [-0.2, -0.15) is 0 Å². The van der Waals surface area contributed by atoms with Gasteiger partial charge >= 0.3 is 0 Å². The number of aliphatic hydroxyl groups excluding tert-OH is 2. The van der Waals surface area contributed by atoms with E-state index in [2.05, 4.69) is 27.4 Å². The van der Waals surface area contributed by atoms with Crippen molar-refractivity contribution in [3.63, 3.8) is 0 Å². The van der Waals surface area contributed by atoms with Gasteiger partial charge in [0.1, 0.15) is 25.1 Å². The van der Waals surface area contributed by atoms with Gasteiger partial charge in [-0.25, -0.2) is 0 Å². The third-order valence-electron chi connectivity index (χ3n) is 5.84. The van der Waals surface area contributed by atoms with Crippen LogP contribution in [-0.4, -0.2) is 53.6 Å². The molecule has 0 aliphatic rings. The van der Waals surface area contributed by atoms with Crippen LogP contribution in [0.2, 0.25) is 10.0 Å². The summed E-state index contributed by atoms with van der Waals surface area (Å²) < 4.78 is 11.4. The largest absolute Gasteiger partial charge is 0.491 e.